The van der Waals surface area contributed by atoms with Crippen LogP contribution < -0.4 is 5.73 Å². The van der Waals surface area contributed by atoms with Crippen molar-refractivity contribution in [2.24, 2.45) is 17.6 Å². The summed E-state index contributed by atoms with van der Waals surface area (Å²) in [6, 6.07) is 1.15. The molecule has 2 aliphatic rings. The van der Waals surface area contributed by atoms with Gasteiger partial charge < -0.3 is 5.73 Å². The number of hydrogen-bond donors (Lipinski definition) is 1. The average molecular weight is 210 g/mol. The lowest BCUT2D eigenvalue weighted by molar-refractivity contribution is 0.159. The van der Waals surface area contributed by atoms with E-state index < -0.39 is 0 Å². The maximum atomic E-state index is 6.24. The standard InChI is InChI=1S/C13H26N2/c1-10(2)11-7-8-15(9-11)13-6-4-3-5-12(13)14/h10-13H,3-9,14H2,1-2H3. The summed E-state index contributed by atoms with van der Waals surface area (Å²) in [5.41, 5.74) is 6.24. The zero-order valence-corrected chi connectivity index (χ0v) is 10.3. The van der Waals surface area contributed by atoms with E-state index in [0.29, 0.717) is 12.1 Å². The molecule has 2 heteroatoms. The van der Waals surface area contributed by atoms with Crippen molar-refractivity contribution in [3.05, 3.63) is 0 Å². The van der Waals surface area contributed by atoms with Crippen molar-refractivity contribution in [3.63, 3.8) is 0 Å². The Bertz CT molecular complexity index is 203. The topological polar surface area (TPSA) is 29.3 Å². The van der Waals surface area contributed by atoms with E-state index in [1.807, 2.05) is 0 Å². The van der Waals surface area contributed by atoms with E-state index in [9.17, 15) is 0 Å². The minimum atomic E-state index is 0.449. The summed E-state index contributed by atoms with van der Waals surface area (Å²) in [6.45, 7) is 7.31. The number of nitrogens with two attached hydrogens (primary N) is 1. The molecule has 0 radical (unpaired) electrons. The van der Waals surface area contributed by atoms with Gasteiger partial charge in [-0.1, -0.05) is 26.7 Å². The first-order valence-electron chi connectivity index (χ1n) is 6.68. The molecule has 1 aliphatic carbocycles. The summed E-state index contributed by atoms with van der Waals surface area (Å²) in [5, 5.41) is 0. The van der Waals surface area contributed by atoms with Crippen LogP contribution in [0, 0.1) is 11.8 Å². The predicted molar refractivity (Wildman–Crippen MR) is 64.7 cm³/mol. The van der Waals surface area contributed by atoms with Crippen molar-refractivity contribution in [2.75, 3.05) is 13.1 Å². The molecule has 0 aromatic rings. The maximum Gasteiger partial charge on any atom is 0.0247 e. The van der Waals surface area contributed by atoms with Crippen molar-refractivity contribution in [3.8, 4) is 0 Å². The summed E-state index contributed by atoms with van der Waals surface area (Å²) in [7, 11) is 0. The fraction of sp³-hybridized carbons (Fsp3) is 1.00. The van der Waals surface area contributed by atoms with Gasteiger partial charge in [0.05, 0.1) is 0 Å². The molecule has 2 rings (SSSR count). The third kappa shape index (κ3) is 2.54. The van der Waals surface area contributed by atoms with Crippen LogP contribution in [0.5, 0.6) is 0 Å². The van der Waals surface area contributed by atoms with Crippen molar-refractivity contribution in [2.45, 2.75) is 58.0 Å². The first kappa shape index (κ1) is 11.4. The Morgan fingerprint density at radius 1 is 1.13 bits per heavy atom. The zero-order valence-electron chi connectivity index (χ0n) is 10.3. The summed E-state index contributed by atoms with van der Waals surface area (Å²) in [5.74, 6) is 1.76. The van der Waals surface area contributed by atoms with Gasteiger partial charge in [-0.2, -0.15) is 0 Å². The molecule has 3 unspecified atom stereocenters. The lowest BCUT2D eigenvalue weighted by Gasteiger charge is -2.36. The van der Waals surface area contributed by atoms with Crippen LogP contribution in [0.4, 0.5) is 0 Å². The molecule has 0 aromatic carbocycles. The molecule has 1 heterocycles. The lowest BCUT2D eigenvalue weighted by atomic mass is 9.90. The monoisotopic (exact) mass is 210 g/mol. The largest absolute Gasteiger partial charge is 0.326 e. The maximum absolute atomic E-state index is 6.24. The second-order valence-electron chi connectivity index (χ2n) is 5.80. The predicted octanol–water partition coefficient (Wildman–Crippen LogP) is 2.23. The number of rotatable bonds is 2. The van der Waals surface area contributed by atoms with Gasteiger partial charge in [0.2, 0.25) is 0 Å². The molecule has 2 fully saturated rings. The van der Waals surface area contributed by atoms with Gasteiger partial charge in [0, 0.05) is 18.6 Å². The van der Waals surface area contributed by atoms with Gasteiger partial charge in [0.15, 0.2) is 0 Å². The van der Waals surface area contributed by atoms with E-state index in [1.165, 1.54) is 45.2 Å². The van der Waals surface area contributed by atoms with Crippen molar-refractivity contribution < 1.29 is 0 Å². The molecule has 15 heavy (non-hydrogen) atoms. The van der Waals surface area contributed by atoms with Crippen LogP contribution >= 0.6 is 0 Å². The second-order valence-corrected chi connectivity index (χ2v) is 5.80. The zero-order chi connectivity index (χ0) is 10.8. The van der Waals surface area contributed by atoms with Gasteiger partial charge >= 0.3 is 0 Å². The van der Waals surface area contributed by atoms with Crippen molar-refractivity contribution in [1.29, 1.82) is 0 Å². The van der Waals surface area contributed by atoms with Gasteiger partial charge in [-0.25, -0.2) is 0 Å². The Labute approximate surface area is 94.2 Å². The van der Waals surface area contributed by atoms with E-state index in [2.05, 4.69) is 18.7 Å². The molecule has 88 valence electrons. The van der Waals surface area contributed by atoms with Gasteiger partial charge in [0.1, 0.15) is 0 Å². The summed E-state index contributed by atoms with van der Waals surface area (Å²) >= 11 is 0. The SMILES string of the molecule is CC(C)C1CCN(C2CCCCC2N)C1. The smallest absolute Gasteiger partial charge is 0.0247 e. The Hall–Kier alpha value is -0.0800. The van der Waals surface area contributed by atoms with Crippen LogP contribution in [0.1, 0.15) is 46.0 Å². The molecule has 2 nitrogen and oxygen atoms in total. The highest BCUT2D eigenvalue weighted by Crippen LogP contribution is 2.30. The minimum Gasteiger partial charge on any atom is -0.326 e. The minimum absolute atomic E-state index is 0.449. The van der Waals surface area contributed by atoms with Gasteiger partial charge in [-0.3, -0.25) is 4.90 Å². The fourth-order valence-electron chi connectivity index (χ4n) is 3.25. The van der Waals surface area contributed by atoms with E-state index in [-0.39, 0.29) is 0 Å². The molecule has 0 aromatic heterocycles. The number of likely N-dealkylation sites (tertiary alicyclic amines) is 1. The van der Waals surface area contributed by atoms with Gasteiger partial charge in [-0.15, -0.1) is 0 Å². The molecule has 1 saturated carbocycles. The van der Waals surface area contributed by atoms with Crippen molar-refractivity contribution in [1.82, 2.24) is 4.90 Å². The van der Waals surface area contributed by atoms with Crippen LogP contribution in [0.15, 0.2) is 0 Å². The first-order valence-corrected chi connectivity index (χ1v) is 6.68. The summed E-state index contributed by atoms with van der Waals surface area (Å²) < 4.78 is 0. The molecule has 0 amide bonds. The van der Waals surface area contributed by atoms with E-state index in [4.69, 9.17) is 5.73 Å². The average Bonchev–Trinajstić information content (AvgIpc) is 2.67. The van der Waals surface area contributed by atoms with Crippen LogP contribution in [0.2, 0.25) is 0 Å². The fourth-order valence-corrected chi connectivity index (χ4v) is 3.25. The lowest BCUT2D eigenvalue weighted by Crippen LogP contribution is -2.48. The third-order valence-electron chi connectivity index (χ3n) is 4.45. The molecule has 3 atom stereocenters. The summed E-state index contributed by atoms with van der Waals surface area (Å²) in [6.07, 6.45) is 6.71. The van der Waals surface area contributed by atoms with Crippen LogP contribution in [0.3, 0.4) is 0 Å². The normalized spacial score (nSPS) is 38.8. The van der Waals surface area contributed by atoms with Crippen LogP contribution in [0.25, 0.3) is 0 Å². The Morgan fingerprint density at radius 3 is 2.47 bits per heavy atom. The van der Waals surface area contributed by atoms with Gasteiger partial charge in [0.25, 0.3) is 0 Å². The molecule has 0 bridgehead atoms. The molecule has 1 aliphatic heterocycles. The Kier molecular flexibility index (Phi) is 3.68. The molecule has 2 N–H and O–H groups in total. The van der Waals surface area contributed by atoms with E-state index in [1.54, 1.807) is 0 Å². The van der Waals surface area contributed by atoms with Gasteiger partial charge in [-0.05, 0) is 37.6 Å². The number of hydrogen-bond acceptors (Lipinski definition) is 2. The molecular weight excluding hydrogens is 184 g/mol. The second kappa shape index (κ2) is 4.84. The first-order chi connectivity index (χ1) is 7.18. The van der Waals surface area contributed by atoms with E-state index >= 15 is 0 Å². The molecule has 1 saturated heterocycles. The number of nitrogens with zero attached hydrogens (tertiary/aromatic N) is 1. The molecule has 0 spiro atoms. The van der Waals surface area contributed by atoms with Crippen LogP contribution in [-0.4, -0.2) is 30.1 Å². The molecular formula is C13H26N2. The Morgan fingerprint density at radius 2 is 1.87 bits per heavy atom. The quantitative estimate of drug-likeness (QED) is 0.757. The highest BCUT2D eigenvalue weighted by Gasteiger charge is 2.33. The van der Waals surface area contributed by atoms with E-state index in [0.717, 1.165) is 11.8 Å². The highest BCUT2D eigenvalue weighted by atomic mass is 15.2. The van der Waals surface area contributed by atoms with Crippen LogP contribution in [-0.2, 0) is 0 Å². The van der Waals surface area contributed by atoms with Crippen molar-refractivity contribution >= 4 is 0 Å². The highest BCUT2D eigenvalue weighted by molar-refractivity contribution is 4.90. The Balaban J connectivity index is 1.89. The summed E-state index contributed by atoms with van der Waals surface area (Å²) in [4.78, 5) is 2.68. The third-order valence-corrected chi connectivity index (χ3v) is 4.45.